The minimum absolute atomic E-state index is 0.0163. The molecule has 0 radical (unpaired) electrons. The molecule has 1 heterocycles. The Bertz CT molecular complexity index is 431. The molecule has 1 aromatic carbocycles. The third-order valence-electron chi connectivity index (χ3n) is 3.02. The molecule has 2 rings (SSSR count). The van der Waals surface area contributed by atoms with E-state index in [4.69, 9.17) is 22.1 Å². The van der Waals surface area contributed by atoms with Gasteiger partial charge in [-0.3, -0.25) is 4.79 Å². The number of carbonyl (C=O) groups is 1. The molecule has 0 aromatic heterocycles. The third kappa shape index (κ3) is 3.29. The van der Waals surface area contributed by atoms with Gasteiger partial charge in [0.15, 0.2) is 6.61 Å². The van der Waals surface area contributed by atoms with Crippen molar-refractivity contribution in [2.45, 2.75) is 19.3 Å². The fourth-order valence-corrected chi connectivity index (χ4v) is 2.25. The number of nitrogen functional groups attached to an aromatic ring is 1. The van der Waals surface area contributed by atoms with Crippen molar-refractivity contribution in [2.75, 3.05) is 25.4 Å². The second-order valence-corrected chi connectivity index (χ2v) is 4.83. The van der Waals surface area contributed by atoms with E-state index in [1.165, 1.54) is 6.42 Å². The summed E-state index contributed by atoms with van der Waals surface area (Å²) >= 11 is 5.97. The van der Waals surface area contributed by atoms with Crippen LogP contribution in [-0.2, 0) is 4.79 Å². The van der Waals surface area contributed by atoms with Crippen LogP contribution in [0.4, 0.5) is 5.69 Å². The van der Waals surface area contributed by atoms with Gasteiger partial charge in [-0.05, 0) is 37.5 Å². The van der Waals surface area contributed by atoms with Crippen molar-refractivity contribution >= 4 is 23.2 Å². The van der Waals surface area contributed by atoms with Gasteiger partial charge in [-0.25, -0.2) is 0 Å². The lowest BCUT2D eigenvalue weighted by Gasteiger charge is -2.26. The van der Waals surface area contributed by atoms with Gasteiger partial charge in [0, 0.05) is 18.8 Å². The van der Waals surface area contributed by atoms with E-state index in [2.05, 4.69) is 0 Å². The zero-order valence-corrected chi connectivity index (χ0v) is 10.9. The Balaban J connectivity index is 1.88. The molecule has 4 nitrogen and oxygen atoms in total. The van der Waals surface area contributed by atoms with Crippen molar-refractivity contribution in [2.24, 2.45) is 0 Å². The van der Waals surface area contributed by atoms with E-state index >= 15 is 0 Å². The number of ether oxygens (including phenoxy) is 1. The van der Waals surface area contributed by atoms with Crippen molar-refractivity contribution in [1.29, 1.82) is 0 Å². The van der Waals surface area contributed by atoms with E-state index in [9.17, 15) is 4.79 Å². The molecular weight excluding hydrogens is 252 g/mol. The minimum atomic E-state index is 0.0163. The molecule has 0 atom stereocenters. The van der Waals surface area contributed by atoms with E-state index in [0.717, 1.165) is 25.9 Å². The zero-order valence-electron chi connectivity index (χ0n) is 10.2. The van der Waals surface area contributed by atoms with Crippen LogP contribution in [0.2, 0.25) is 5.02 Å². The first-order valence-electron chi connectivity index (χ1n) is 6.12. The van der Waals surface area contributed by atoms with Crippen LogP contribution in [0.5, 0.6) is 5.75 Å². The van der Waals surface area contributed by atoms with Crippen LogP contribution < -0.4 is 10.5 Å². The van der Waals surface area contributed by atoms with Gasteiger partial charge in [0.2, 0.25) is 0 Å². The lowest BCUT2D eigenvalue weighted by atomic mass is 10.1. The summed E-state index contributed by atoms with van der Waals surface area (Å²) in [6.07, 6.45) is 3.36. The van der Waals surface area contributed by atoms with E-state index in [1.807, 2.05) is 4.90 Å². The number of rotatable bonds is 3. The van der Waals surface area contributed by atoms with Crippen LogP contribution in [-0.4, -0.2) is 30.5 Å². The second kappa shape index (κ2) is 5.96. The number of likely N-dealkylation sites (tertiary alicyclic amines) is 1. The molecule has 1 saturated heterocycles. The maximum absolute atomic E-state index is 11.9. The highest BCUT2D eigenvalue weighted by molar-refractivity contribution is 6.32. The quantitative estimate of drug-likeness (QED) is 0.856. The van der Waals surface area contributed by atoms with Crippen LogP contribution >= 0.6 is 11.6 Å². The fraction of sp³-hybridized carbons (Fsp3) is 0.462. The summed E-state index contributed by atoms with van der Waals surface area (Å²) in [7, 11) is 0. The van der Waals surface area contributed by atoms with E-state index in [-0.39, 0.29) is 12.5 Å². The van der Waals surface area contributed by atoms with Gasteiger partial charge >= 0.3 is 0 Å². The molecule has 1 aliphatic heterocycles. The summed E-state index contributed by atoms with van der Waals surface area (Å²) in [6, 6.07) is 5.00. The monoisotopic (exact) mass is 268 g/mol. The maximum Gasteiger partial charge on any atom is 0.260 e. The summed E-state index contributed by atoms with van der Waals surface area (Å²) in [5.41, 5.74) is 6.16. The first-order chi connectivity index (χ1) is 8.66. The summed E-state index contributed by atoms with van der Waals surface area (Å²) < 4.78 is 5.43. The van der Waals surface area contributed by atoms with Crippen LogP contribution in [0, 0.1) is 0 Å². The summed E-state index contributed by atoms with van der Waals surface area (Å²) in [6.45, 7) is 1.69. The molecule has 1 aromatic rings. The molecule has 0 aliphatic carbocycles. The highest BCUT2D eigenvalue weighted by atomic mass is 35.5. The largest absolute Gasteiger partial charge is 0.482 e. The number of nitrogens with two attached hydrogens (primary N) is 1. The number of halogens is 1. The van der Waals surface area contributed by atoms with Gasteiger partial charge in [0.05, 0.1) is 5.02 Å². The average molecular weight is 269 g/mol. The van der Waals surface area contributed by atoms with Gasteiger partial charge < -0.3 is 15.4 Å². The number of nitrogens with zero attached hydrogens (tertiary/aromatic N) is 1. The number of anilines is 1. The second-order valence-electron chi connectivity index (χ2n) is 4.42. The lowest BCUT2D eigenvalue weighted by Crippen LogP contribution is -2.38. The fourth-order valence-electron chi connectivity index (χ4n) is 2.01. The Morgan fingerprint density at radius 2 is 2.06 bits per heavy atom. The van der Waals surface area contributed by atoms with Gasteiger partial charge in [0.25, 0.3) is 5.91 Å². The molecule has 98 valence electrons. The zero-order chi connectivity index (χ0) is 13.0. The molecule has 2 N–H and O–H groups in total. The number of carbonyl (C=O) groups excluding carboxylic acids is 1. The Morgan fingerprint density at radius 1 is 1.33 bits per heavy atom. The van der Waals surface area contributed by atoms with Crippen molar-refractivity contribution in [3.05, 3.63) is 23.2 Å². The lowest BCUT2D eigenvalue weighted by molar-refractivity contribution is -0.134. The molecule has 18 heavy (non-hydrogen) atoms. The molecular formula is C13H17ClN2O2. The van der Waals surface area contributed by atoms with E-state index < -0.39 is 0 Å². The van der Waals surface area contributed by atoms with Crippen molar-refractivity contribution in [3.63, 3.8) is 0 Å². The molecule has 1 fully saturated rings. The van der Waals surface area contributed by atoms with Crippen molar-refractivity contribution < 1.29 is 9.53 Å². The Kier molecular flexibility index (Phi) is 4.31. The van der Waals surface area contributed by atoms with Crippen LogP contribution in [0.3, 0.4) is 0 Å². The molecule has 1 amide bonds. The van der Waals surface area contributed by atoms with Gasteiger partial charge in [0.1, 0.15) is 5.75 Å². The molecule has 0 unspecified atom stereocenters. The first-order valence-corrected chi connectivity index (χ1v) is 6.50. The predicted molar refractivity (Wildman–Crippen MR) is 71.8 cm³/mol. The Morgan fingerprint density at radius 3 is 2.72 bits per heavy atom. The summed E-state index contributed by atoms with van der Waals surface area (Å²) in [5, 5.41) is 0.432. The Labute approximate surface area is 112 Å². The Hall–Kier alpha value is -1.42. The minimum Gasteiger partial charge on any atom is -0.482 e. The predicted octanol–water partition coefficient (Wildman–Crippen LogP) is 2.31. The standard InChI is InChI=1S/C13H17ClN2O2/c14-11-8-10(15)4-5-12(11)18-9-13(17)16-6-2-1-3-7-16/h4-5,8H,1-3,6-7,9,15H2. The van der Waals surface area contributed by atoms with Gasteiger partial charge in [-0.15, -0.1) is 0 Å². The average Bonchev–Trinajstić information content (AvgIpc) is 2.38. The number of hydrogen-bond donors (Lipinski definition) is 1. The molecule has 5 heteroatoms. The molecule has 0 saturated carbocycles. The molecule has 0 bridgehead atoms. The highest BCUT2D eigenvalue weighted by Gasteiger charge is 2.17. The van der Waals surface area contributed by atoms with E-state index in [1.54, 1.807) is 18.2 Å². The summed E-state index contributed by atoms with van der Waals surface area (Å²) in [5.74, 6) is 0.513. The van der Waals surface area contributed by atoms with Crippen LogP contribution in [0.25, 0.3) is 0 Å². The molecule has 0 spiro atoms. The normalized spacial score (nSPS) is 15.5. The highest BCUT2D eigenvalue weighted by Crippen LogP contribution is 2.26. The number of benzene rings is 1. The van der Waals surface area contributed by atoms with Crippen LogP contribution in [0.1, 0.15) is 19.3 Å². The van der Waals surface area contributed by atoms with E-state index in [0.29, 0.717) is 16.5 Å². The summed E-state index contributed by atoms with van der Waals surface area (Å²) in [4.78, 5) is 13.7. The number of amides is 1. The third-order valence-corrected chi connectivity index (χ3v) is 3.31. The maximum atomic E-state index is 11.9. The SMILES string of the molecule is Nc1ccc(OCC(=O)N2CCCCC2)c(Cl)c1. The first kappa shape index (κ1) is 13.0. The van der Waals surface area contributed by atoms with Crippen LogP contribution in [0.15, 0.2) is 18.2 Å². The smallest absolute Gasteiger partial charge is 0.260 e. The molecule has 1 aliphatic rings. The number of piperidine rings is 1. The number of hydrogen-bond acceptors (Lipinski definition) is 3. The van der Waals surface area contributed by atoms with Gasteiger partial charge in [-0.2, -0.15) is 0 Å². The van der Waals surface area contributed by atoms with Crippen molar-refractivity contribution in [1.82, 2.24) is 4.90 Å². The topological polar surface area (TPSA) is 55.6 Å². The van der Waals surface area contributed by atoms with Gasteiger partial charge in [-0.1, -0.05) is 11.6 Å². The van der Waals surface area contributed by atoms with Crippen molar-refractivity contribution in [3.8, 4) is 5.75 Å².